The van der Waals surface area contributed by atoms with Crippen LogP contribution in [0.2, 0.25) is 0 Å². The first kappa shape index (κ1) is 21.3. The Hall–Kier alpha value is -0.705. The highest BCUT2D eigenvalue weighted by Crippen LogP contribution is 2.58. The average molecular weight is 346 g/mol. The van der Waals surface area contributed by atoms with Crippen LogP contribution in [0.25, 0.3) is 0 Å². The van der Waals surface area contributed by atoms with Crippen molar-refractivity contribution >= 4 is 20.5 Å². The Bertz CT molecular complexity index is 447. The molecular formula is C14H22BF6P. The van der Waals surface area contributed by atoms with Crippen LogP contribution in [0.1, 0.15) is 41.5 Å². The molecule has 0 heterocycles. The zero-order valence-corrected chi connectivity index (χ0v) is 14.6. The van der Waals surface area contributed by atoms with Gasteiger partial charge in [-0.3, -0.25) is 0 Å². The van der Waals surface area contributed by atoms with Crippen molar-refractivity contribution in [2.75, 3.05) is 0 Å². The largest absolute Gasteiger partial charge is 0.673 e. The summed E-state index contributed by atoms with van der Waals surface area (Å²) in [6.45, 7) is 12.9. The van der Waals surface area contributed by atoms with Crippen LogP contribution in [0, 0.1) is 11.6 Å². The zero-order chi connectivity index (χ0) is 17.9. The van der Waals surface area contributed by atoms with Gasteiger partial charge in [-0.2, -0.15) is 0 Å². The van der Waals surface area contributed by atoms with Gasteiger partial charge in [0.15, 0.2) is 0 Å². The molecule has 1 rings (SSSR count). The molecule has 0 aliphatic carbocycles. The molecule has 0 unspecified atom stereocenters. The molecule has 8 heteroatoms. The molecule has 0 aromatic heterocycles. The van der Waals surface area contributed by atoms with Crippen molar-refractivity contribution in [3.63, 3.8) is 0 Å². The second-order valence-electron chi connectivity index (χ2n) is 7.03. The quantitative estimate of drug-likeness (QED) is 0.348. The van der Waals surface area contributed by atoms with Gasteiger partial charge < -0.3 is 17.3 Å². The average Bonchev–Trinajstić information content (AvgIpc) is 2.05. The van der Waals surface area contributed by atoms with Crippen LogP contribution < -0.4 is 5.30 Å². The predicted molar refractivity (Wildman–Crippen MR) is 84.0 cm³/mol. The van der Waals surface area contributed by atoms with E-state index in [1.165, 1.54) is 12.1 Å². The standard InChI is InChI=1S/C14H21F2P.BF4/c1-13(2,3)17(14(4,5)6)12-8-10(15)7-11(16)9-12;2-1(3,4)5/h7-9H,1-6H3;/q;-1/p+1. The molecule has 1 aromatic rings. The van der Waals surface area contributed by atoms with Gasteiger partial charge in [0.05, 0.1) is 15.6 Å². The fourth-order valence-electron chi connectivity index (χ4n) is 2.69. The van der Waals surface area contributed by atoms with Crippen LogP contribution in [-0.4, -0.2) is 17.6 Å². The summed E-state index contributed by atoms with van der Waals surface area (Å²) in [5.74, 6) is -0.952. The summed E-state index contributed by atoms with van der Waals surface area (Å²) in [5, 5.41) is 0.958. The molecule has 1 aromatic carbocycles. The molecule has 0 amide bonds. The van der Waals surface area contributed by atoms with Crippen LogP contribution >= 0.6 is 7.92 Å². The van der Waals surface area contributed by atoms with Gasteiger partial charge in [-0.15, -0.1) is 0 Å². The SMILES string of the molecule is CC(C)(C)[PH+](c1cc(F)cc(F)c1)C(C)(C)C.F[B-](F)(F)F. The lowest BCUT2D eigenvalue weighted by Gasteiger charge is -2.33. The van der Waals surface area contributed by atoms with Gasteiger partial charge in [-0.25, -0.2) is 8.78 Å². The Balaban J connectivity index is 0.000000763. The van der Waals surface area contributed by atoms with Crippen molar-refractivity contribution in [3.05, 3.63) is 29.8 Å². The van der Waals surface area contributed by atoms with Gasteiger partial charge in [0.2, 0.25) is 0 Å². The number of rotatable bonds is 1. The van der Waals surface area contributed by atoms with Gasteiger partial charge >= 0.3 is 7.25 Å². The predicted octanol–water partition coefficient (Wildman–Crippen LogP) is 5.70. The number of benzene rings is 1. The summed E-state index contributed by atoms with van der Waals surface area (Å²) < 4.78 is 65.7. The molecule has 128 valence electrons. The van der Waals surface area contributed by atoms with E-state index < -0.39 is 26.8 Å². The zero-order valence-electron chi connectivity index (χ0n) is 13.6. The molecule has 0 spiro atoms. The summed E-state index contributed by atoms with van der Waals surface area (Å²) in [5.41, 5.74) is 0. The molecule has 0 aliphatic heterocycles. The number of halogens is 6. The Morgan fingerprint density at radius 2 is 1.00 bits per heavy atom. The molecular weight excluding hydrogens is 324 g/mol. The van der Waals surface area contributed by atoms with E-state index >= 15 is 0 Å². The molecule has 0 saturated heterocycles. The Kier molecular flexibility index (Phi) is 7.01. The summed E-state index contributed by atoms with van der Waals surface area (Å²) >= 11 is 0. The van der Waals surface area contributed by atoms with Crippen molar-refractivity contribution in [1.29, 1.82) is 0 Å². The lowest BCUT2D eigenvalue weighted by atomic mass is 10.2. The number of hydrogen-bond acceptors (Lipinski definition) is 0. The minimum atomic E-state index is -6.00. The smallest absolute Gasteiger partial charge is 0.418 e. The van der Waals surface area contributed by atoms with Crippen molar-refractivity contribution in [2.45, 2.75) is 51.9 Å². The van der Waals surface area contributed by atoms with Crippen LogP contribution in [0.15, 0.2) is 18.2 Å². The fourth-order valence-corrected chi connectivity index (χ4v) is 7.24. The number of hydrogen-bond donors (Lipinski definition) is 0. The summed E-state index contributed by atoms with van der Waals surface area (Å²) in [6, 6.07) is 3.93. The highest BCUT2D eigenvalue weighted by Gasteiger charge is 2.43. The van der Waals surface area contributed by atoms with Crippen LogP contribution in [0.4, 0.5) is 26.0 Å². The van der Waals surface area contributed by atoms with E-state index in [9.17, 15) is 26.0 Å². The summed E-state index contributed by atoms with van der Waals surface area (Å²) in [6.07, 6.45) is 0. The van der Waals surface area contributed by atoms with Gasteiger partial charge in [-0.05, 0) is 41.5 Å². The first-order chi connectivity index (χ1) is 9.51. The third kappa shape index (κ3) is 8.67. The van der Waals surface area contributed by atoms with Crippen LogP contribution in [0.3, 0.4) is 0 Å². The first-order valence-electron chi connectivity index (χ1n) is 6.73. The monoisotopic (exact) mass is 346 g/mol. The summed E-state index contributed by atoms with van der Waals surface area (Å²) in [4.78, 5) is 0. The highest BCUT2D eigenvalue weighted by molar-refractivity contribution is 7.68. The Morgan fingerprint density at radius 1 is 0.727 bits per heavy atom. The van der Waals surface area contributed by atoms with Gasteiger partial charge in [0.25, 0.3) is 0 Å². The Morgan fingerprint density at radius 3 is 1.23 bits per heavy atom. The topological polar surface area (TPSA) is 0 Å². The second-order valence-corrected chi connectivity index (χ2v) is 11.4. The van der Waals surface area contributed by atoms with Gasteiger partial charge in [0, 0.05) is 26.1 Å². The first-order valence-corrected chi connectivity index (χ1v) is 8.23. The van der Waals surface area contributed by atoms with Crippen molar-refractivity contribution in [3.8, 4) is 0 Å². The van der Waals surface area contributed by atoms with E-state index in [2.05, 4.69) is 41.5 Å². The molecule has 0 fully saturated rings. The molecule has 0 radical (unpaired) electrons. The van der Waals surface area contributed by atoms with Crippen LogP contribution in [0.5, 0.6) is 0 Å². The lowest BCUT2D eigenvalue weighted by Crippen LogP contribution is -2.31. The molecule has 0 atom stereocenters. The lowest BCUT2D eigenvalue weighted by molar-refractivity contribution is 0.368. The van der Waals surface area contributed by atoms with E-state index in [1.54, 1.807) is 0 Å². The van der Waals surface area contributed by atoms with E-state index in [4.69, 9.17) is 0 Å². The van der Waals surface area contributed by atoms with Gasteiger partial charge in [0.1, 0.15) is 11.6 Å². The molecule has 22 heavy (non-hydrogen) atoms. The molecule has 0 aliphatic rings. The third-order valence-corrected chi connectivity index (χ3v) is 6.52. The Labute approximate surface area is 129 Å². The second kappa shape index (κ2) is 7.24. The van der Waals surface area contributed by atoms with E-state index in [-0.39, 0.29) is 10.3 Å². The molecule has 0 saturated carbocycles. The van der Waals surface area contributed by atoms with Crippen molar-refractivity contribution in [1.82, 2.24) is 0 Å². The van der Waals surface area contributed by atoms with E-state index in [0.29, 0.717) is 0 Å². The van der Waals surface area contributed by atoms with E-state index in [0.717, 1.165) is 11.4 Å². The minimum absolute atomic E-state index is 0.0587. The minimum Gasteiger partial charge on any atom is -0.418 e. The molecule has 0 bridgehead atoms. The summed E-state index contributed by atoms with van der Waals surface area (Å²) in [7, 11) is -7.08. The van der Waals surface area contributed by atoms with Crippen molar-refractivity contribution < 1.29 is 26.0 Å². The highest BCUT2D eigenvalue weighted by atomic mass is 31.1. The fraction of sp³-hybridized carbons (Fsp3) is 0.571. The van der Waals surface area contributed by atoms with Crippen molar-refractivity contribution in [2.24, 2.45) is 0 Å². The maximum Gasteiger partial charge on any atom is 0.673 e. The van der Waals surface area contributed by atoms with Gasteiger partial charge in [-0.1, -0.05) is 0 Å². The molecule has 0 nitrogen and oxygen atoms in total. The van der Waals surface area contributed by atoms with E-state index in [1.807, 2.05) is 0 Å². The molecule has 0 N–H and O–H groups in total. The third-order valence-electron chi connectivity index (χ3n) is 2.65. The maximum absolute atomic E-state index is 13.3. The normalized spacial score (nSPS) is 13.0. The maximum atomic E-state index is 13.3. The van der Waals surface area contributed by atoms with Crippen LogP contribution in [-0.2, 0) is 0 Å².